The first-order valence-corrected chi connectivity index (χ1v) is 10.9. The first-order chi connectivity index (χ1) is 12.3. The highest BCUT2D eigenvalue weighted by Gasteiger charge is 2.22. The SMILES string of the molecule is O=C1Cc2cc(S(=O)(=O)NCCS(=O)(=O)Nc3ccccc3)ccc2N1. The number of rotatable bonds is 7. The van der Waals surface area contributed by atoms with E-state index in [1.54, 1.807) is 30.3 Å². The summed E-state index contributed by atoms with van der Waals surface area (Å²) in [5, 5.41) is 2.62. The van der Waals surface area contributed by atoms with Gasteiger partial charge in [-0.1, -0.05) is 18.2 Å². The molecular weight excluding hydrogens is 378 g/mol. The normalized spacial score (nSPS) is 13.9. The fourth-order valence-corrected chi connectivity index (χ4v) is 4.68. The third-order valence-electron chi connectivity index (χ3n) is 3.72. The summed E-state index contributed by atoms with van der Waals surface area (Å²) in [6.07, 6.45) is 0.119. The summed E-state index contributed by atoms with van der Waals surface area (Å²) in [6, 6.07) is 12.6. The number of hydrogen-bond donors (Lipinski definition) is 3. The molecule has 0 bridgehead atoms. The second-order valence-electron chi connectivity index (χ2n) is 5.73. The molecular formula is C16H17N3O5S2. The molecule has 1 aliphatic heterocycles. The zero-order chi connectivity index (χ0) is 18.8. The van der Waals surface area contributed by atoms with Crippen molar-refractivity contribution in [1.82, 2.24) is 4.72 Å². The smallest absolute Gasteiger partial charge is 0.240 e. The van der Waals surface area contributed by atoms with Crippen molar-refractivity contribution in [2.45, 2.75) is 11.3 Å². The summed E-state index contributed by atoms with van der Waals surface area (Å²) in [5.74, 6) is -0.605. The number of amides is 1. The van der Waals surface area contributed by atoms with Crippen molar-refractivity contribution < 1.29 is 21.6 Å². The van der Waals surface area contributed by atoms with Crippen LogP contribution >= 0.6 is 0 Å². The van der Waals surface area contributed by atoms with E-state index < -0.39 is 25.8 Å². The summed E-state index contributed by atoms with van der Waals surface area (Å²) >= 11 is 0. The van der Waals surface area contributed by atoms with Crippen LogP contribution in [0.2, 0.25) is 0 Å². The van der Waals surface area contributed by atoms with Crippen LogP contribution < -0.4 is 14.8 Å². The Labute approximate surface area is 151 Å². The van der Waals surface area contributed by atoms with Gasteiger partial charge in [0.1, 0.15) is 0 Å². The van der Waals surface area contributed by atoms with Gasteiger partial charge in [-0.25, -0.2) is 21.6 Å². The Hall–Kier alpha value is -2.43. The lowest BCUT2D eigenvalue weighted by Crippen LogP contribution is -2.31. The van der Waals surface area contributed by atoms with E-state index in [1.165, 1.54) is 18.2 Å². The van der Waals surface area contributed by atoms with Gasteiger partial charge in [0.15, 0.2) is 0 Å². The highest BCUT2D eigenvalue weighted by Crippen LogP contribution is 2.25. The zero-order valence-corrected chi connectivity index (χ0v) is 15.2. The van der Waals surface area contributed by atoms with Gasteiger partial charge < -0.3 is 5.32 Å². The summed E-state index contributed by atoms with van der Waals surface area (Å²) < 4.78 is 53.3. The number of benzene rings is 2. The molecule has 10 heteroatoms. The van der Waals surface area contributed by atoms with E-state index in [4.69, 9.17) is 0 Å². The second kappa shape index (κ2) is 7.06. The molecule has 26 heavy (non-hydrogen) atoms. The molecule has 2 aromatic carbocycles. The van der Waals surface area contributed by atoms with E-state index in [2.05, 4.69) is 14.8 Å². The topological polar surface area (TPSA) is 121 Å². The maximum atomic E-state index is 12.3. The lowest BCUT2D eigenvalue weighted by molar-refractivity contribution is -0.115. The van der Waals surface area contributed by atoms with E-state index >= 15 is 0 Å². The van der Waals surface area contributed by atoms with Crippen LogP contribution in [-0.4, -0.2) is 35.0 Å². The number of para-hydroxylation sites is 1. The number of sulfonamides is 2. The van der Waals surface area contributed by atoms with Crippen molar-refractivity contribution >= 4 is 37.3 Å². The van der Waals surface area contributed by atoms with E-state index in [0.29, 0.717) is 16.9 Å². The number of carbonyl (C=O) groups is 1. The highest BCUT2D eigenvalue weighted by molar-refractivity contribution is 7.92. The Balaban J connectivity index is 1.62. The molecule has 0 atom stereocenters. The van der Waals surface area contributed by atoms with Gasteiger partial charge in [0, 0.05) is 17.9 Å². The third kappa shape index (κ3) is 4.40. The maximum absolute atomic E-state index is 12.3. The van der Waals surface area contributed by atoms with Crippen molar-refractivity contribution in [3.05, 3.63) is 54.1 Å². The zero-order valence-electron chi connectivity index (χ0n) is 13.6. The van der Waals surface area contributed by atoms with Crippen molar-refractivity contribution in [3.63, 3.8) is 0 Å². The lowest BCUT2D eigenvalue weighted by atomic mass is 10.2. The number of fused-ring (bicyclic) bond motifs is 1. The van der Waals surface area contributed by atoms with Gasteiger partial charge in [0.05, 0.1) is 17.1 Å². The fourth-order valence-electron chi connectivity index (χ4n) is 2.50. The molecule has 3 rings (SSSR count). The number of hydrogen-bond acceptors (Lipinski definition) is 5. The average molecular weight is 395 g/mol. The molecule has 0 saturated carbocycles. The van der Waals surface area contributed by atoms with Crippen LogP contribution in [0.1, 0.15) is 5.56 Å². The van der Waals surface area contributed by atoms with E-state index in [-0.39, 0.29) is 23.8 Å². The molecule has 0 saturated heterocycles. The van der Waals surface area contributed by atoms with Gasteiger partial charge in [-0.3, -0.25) is 9.52 Å². The first-order valence-electron chi connectivity index (χ1n) is 7.73. The third-order valence-corrected chi connectivity index (χ3v) is 6.47. The minimum absolute atomic E-state index is 0.0128. The minimum atomic E-state index is -3.88. The number of anilines is 2. The largest absolute Gasteiger partial charge is 0.326 e. The molecule has 1 aliphatic rings. The molecule has 0 aliphatic carbocycles. The van der Waals surface area contributed by atoms with Gasteiger partial charge in [-0.05, 0) is 35.9 Å². The van der Waals surface area contributed by atoms with Crippen LogP contribution in [0.3, 0.4) is 0 Å². The summed E-state index contributed by atoms with van der Waals surface area (Å²) in [4.78, 5) is 11.3. The predicted molar refractivity (Wildman–Crippen MR) is 97.8 cm³/mol. The standard InChI is InChI=1S/C16H17N3O5S2/c20-16-11-12-10-14(6-7-15(12)18-16)26(23,24)17-8-9-25(21,22)19-13-4-2-1-3-5-13/h1-7,10,17,19H,8-9,11H2,(H,18,20). The lowest BCUT2D eigenvalue weighted by Gasteiger charge is -2.10. The average Bonchev–Trinajstić information content (AvgIpc) is 2.94. The first kappa shape index (κ1) is 18.4. The van der Waals surface area contributed by atoms with Gasteiger partial charge in [-0.2, -0.15) is 0 Å². The second-order valence-corrected chi connectivity index (χ2v) is 9.34. The summed E-state index contributed by atoms with van der Waals surface area (Å²) in [6.45, 7) is -0.279. The fraction of sp³-hybridized carbons (Fsp3) is 0.188. The molecule has 2 aromatic rings. The van der Waals surface area contributed by atoms with E-state index in [0.717, 1.165) is 0 Å². The highest BCUT2D eigenvalue weighted by atomic mass is 32.2. The van der Waals surface area contributed by atoms with Crippen molar-refractivity contribution in [1.29, 1.82) is 0 Å². The monoisotopic (exact) mass is 395 g/mol. The molecule has 0 spiro atoms. The molecule has 0 aromatic heterocycles. The van der Waals surface area contributed by atoms with E-state index in [9.17, 15) is 21.6 Å². The van der Waals surface area contributed by atoms with Gasteiger partial charge in [-0.15, -0.1) is 0 Å². The molecule has 1 amide bonds. The van der Waals surface area contributed by atoms with Crippen LogP contribution in [0.5, 0.6) is 0 Å². The van der Waals surface area contributed by atoms with Crippen LogP contribution in [0.15, 0.2) is 53.4 Å². The van der Waals surface area contributed by atoms with Gasteiger partial charge >= 0.3 is 0 Å². The van der Waals surface area contributed by atoms with E-state index in [1.807, 2.05) is 0 Å². The molecule has 0 unspecified atom stereocenters. The van der Waals surface area contributed by atoms with Gasteiger partial charge in [0.2, 0.25) is 26.0 Å². The van der Waals surface area contributed by atoms with Crippen molar-refractivity contribution in [2.75, 3.05) is 22.3 Å². The molecule has 0 radical (unpaired) electrons. The Morgan fingerprint density at radius 2 is 1.73 bits per heavy atom. The Morgan fingerprint density at radius 3 is 2.46 bits per heavy atom. The van der Waals surface area contributed by atoms with Crippen LogP contribution in [0.4, 0.5) is 11.4 Å². The molecule has 3 N–H and O–H groups in total. The summed E-state index contributed by atoms with van der Waals surface area (Å²) in [5.41, 5.74) is 1.59. The van der Waals surface area contributed by atoms with Gasteiger partial charge in [0.25, 0.3) is 0 Å². The van der Waals surface area contributed by atoms with Crippen molar-refractivity contribution in [2.24, 2.45) is 0 Å². The van der Waals surface area contributed by atoms with Crippen molar-refractivity contribution in [3.8, 4) is 0 Å². The number of nitrogens with one attached hydrogen (secondary N) is 3. The quantitative estimate of drug-likeness (QED) is 0.643. The van der Waals surface area contributed by atoms with Crippen LogP contribution in [0, 0.1) is 0 Å². The van der Waals surface area contributed by atoms with Crippen LogP contribution in [0.25, 0.3) is 0 Å². The minimum Gasteiger partial charge on any atom is -0.326 e. The predicted octanol–water partition coefficient (Wildman–Crippen LogP) is 0.901. The van der Waals surface area contributed by atoms with Crippen LogP contribution in [-0.2, 0) is 31.3 Å². The Kier molecular flexibility index (Phi) is 4.99. The molecule has 138 valence electrons. The summed E-state index contributed by atoms with van der Waals surface area (Å²) in [7, 11) is -7.56. The molecule has 0 fully saturated rings. The molecule has 1 heterocycles. The Morgan fingerprint density at radius 1 is 1.00 bits per heavy atom. The maximum Gasteiger partial charge on any atom is 0.240 e. The molecule has 8 nitrogen and oxygen atoms in total. The Bertz CT molecular complexity index is 1030. The number of carbonyl (C=O) groups excluding carboxylic acids is 1.